The first kappa shape index (κ1) is 25.2. The molecule has 190 valence electrons. The molecule has 8 heteroatoms. The molecule has 0 bridgehead atoms. The van der Waals surface area contributed by atoms with Crippen molar-refractivity contribution in [3.05, 3.63) is 77.7 Å². The Labute approximate surface area is 211 Å². The molecule has 1 fully saturated rings. The van der Waals surface area contributed by atoms with Crippen LogP contribution in [0, 0.1) is 0 Å². The number of methoxy groups -OCH3 is 3. The highest BCUT2D eigenvalue weighted by atomic mass is 16.5. The quantitative estimate of drug-likeness (QED) is 0.439. The fourth-order valence-electron chi connectivity index (χ4n) is 4.69. The minimum Gasteiger partial charge on any atom is -0.496 e. The van der Waals surface area contributed by atoms with E-state index in [1.165, 1.54) is 18.3 Å². The smallest absolute Gasteiger partial charge is 0.290 e. The Hall–Kier alpha value is -3.94. The van der Waals surface area contributed by atoms with Crippen LogP contribution in [0.25, 0.3) is 0 Å². The van der Waals surface area contributed by atoms with Crippen LogP contribution >= 0.6 is 0 Å². The molecule has 1 N–H and O–H groups in total. The summed E-state index contributed by atoms with van der Waals surface area (Å²) in [6, 6.07) is 15.1. The molecular weight excluding hydrogens is 460 g/mol. The average Bonchev–Trinajstić information content (AvgIpc) is 3.63. The van der Waals surface area contributed by atoms with Crippen molar-refractivity contribution in [1.82, 2.24) is 10.2 Å². The van der Waals surface area contributed by atoms with Crippen molar-refractivity contribution in [3.8, 4) is 17.2 Å². The number of furan rings is 1. The van der Waals surface area contributed by atoms with E-state index in [4.69, 9.17) is 18.6 Å². The first-order valence-corrected chi connectivity index (χ1v) is 12.0. The van der Waals surface area contributed by atoms with Gasteiger partial charge in [-0.25, -0.2) is 0 Å². The molecule has 4 rings (SSSR count). The summed E-state index contributed by atoms with van der Waals surface area (Å²) in [5.74, 6) is 1.10. The molecule has 0 unspecified atom stereocenters. The summed E-state index contributed by atoms with van der Waals surface area (Å²) in [5, 5.41) is 3.17. The van der Waals surface area contributed by atoms with Gasteiger partial charge in [0.2, 0.25) is 5.91 Å². The summed E-state index contributed by atoms with van der Waals surface area (Å²) in [7, 11) is 4.67. The van der Waals surface area contributed by atoms with E-state index in [-0.39, 0.29) is 24.3 Å². The van der Waals surface area contributed by atoms with Crippen LogP contribution in [-0.4, -0.2) is 44.1 Å². The van der Waals surface area contributed by atoms with Gasteiger partial charge in [0.05, 0.1) is 34.1 Å². The predicted octanol–water partition coefficient (Wildman–Crippen LogP) is 4.75. The first-order chi connectivity index (χ1) is 17.5. The molecule has 0 spiro atoms. The third-order valence-corrected chi connectivity index (χ3v) is 6.51. The van der Waals surface area contributed by atoms with Crippen LogP contribution < -0.4 is 19.5 Å². The van der Waals surface area contributed by atoms with E-state index in [1.54, 1.807) is 44.6 Å². The van der Waals surface area contributed by atoms with Gasteiger partial charge in [-0.05, 0) is 48.7 Å². The number of carbonyl (C=O) groups excluding carboxylic acids is 2. The van der Waals surface area contributed by atoms with Gasteiger partial charge in [-0.2, -0.15) is 0 Å². The molecule has 0 aliphatic heterocycles. The van der Waals surface area contributed by atoms with E-state index in [0.717, 1.165) is 31.2 Å². The third kappa shape index (κ3) is 5.48. The maximum Gasteiger partial charge on any atom is 0.290 e. The van der Waals surface area contributed by atoms with Crippen molar-refractivity contribution in [2.24, 2.45) is 0 Å². The van der Waals surface area contributed by atoms with E-state index in [2.05, 4.69) is 5.32 Å². The standard InChI is InChI=1S/C28H32N2O6/c1-33-22-12-7-4-9-20(22)18-30(28(32)24-13-8-16-36-24)26(27(31)29-21-10-5-6-11-21)19-14-15-23(34-2)25(17-19)35-3/h4,7-9,12-17,21,26H,5-6,10-11,18H2,1-3H3,(H,29,31)/t26-/m0/s1. The molecule has 36 heavy (non-hydrogen) atoms. The Bertz CT molecular complexity index is 1170. The van der Waals surface area contributed by atoms with E-state index < -0.39 is 11.9 Å². The molecule has 1 saturated carbocycles. The molecule has 2 amide bonds. The van der Waals surface area contributed by atoms with Crippen LogP contribution in [-0.2, 0) is 11.3 Å². The second kappa shape index (κ2) is 11.7. The number of hydrogen-bond acceptors (Lipinski definition) is 6. The zero-order valence-corrected chi connectivity index (χ0v) is 20.9. The van der Waals surface area contributed by atoms with Crippen LogP contribution in [0.1, 0.15) is 53.4 Å². The van der Waals surface area contributed by atoms with E-state index in [1.807, 2.05) is 24.3 Å². The lowest BCUT2D eigenvalue weighted by Gasteiger charge is -2.32. The lowest BCUT2D eigenvalue weighted by molar-refractivity contribution is -0.126. The molecule has 1 heterocycles. The fraction of sp³-hybridized carbons (Fsp3) is 0.357. The average molecular weight is 493 g/mol. The molecule has 1 aliphatic carbocycles. The number of amides is 2. The third-order valence-electron chi connectivity index (χ3n) is 6.51. The number of para-hydroxylation sites is 1. The van der Waals surface area contributed by atoms with Crippen molar-refractivity contribution in [2.75, 3.05) is 21.3 Å². The van der Waals surface area contributed by atoms with Gasteiger partial charge in [0, 0.05) is 11.6 Å². The van der Waals surface area contributed by atoms with Crippen molar-refractivity contribution >= 4 is 11.8 Å². The Balaban J connectivity index is 1.81. The van der Waals surface area contributed by atoms with Crippen LogP contribution in [0.4, 0.5) is 0 Å². The van der Waals surface area contributed by atoms with Gasteiger partial charge in [-0.3, -0.25) is 9.59 Å². The highest BCUT2D eigenvalue weighted by molar-refractivity contribution is 5.96. The lowest BCUT2D eigenvalue weighted by atomic mass is 10.0. The summed E-state index contributed by atoms with van der Waals surface area (Å²) in [4.78, 5) is 29.2. The number of benzene rings is 2. The van der Waals surface area contributed by atoms with E-state index >= 15 is 0 Å². The molecule has 8 nitrogen and oxygen atoms in total. The van der Waals surface area contributed by atoms with Crippen LogP contribution in [0.3, 0.4) is 0 Å². The van der Waals surface area contributed by atoms with Gasteiger partial charge in [0.1, 0.15) is 11.8 Å². The van der Waals surface area contributed by atoms with Crippen molar-refractivity contribution < 1.29 is 28.2 Å². The van der Waals surface area contributed by atoms with Gasteiger partial charge in [0.15, 0.2) is 17.3 Å². The minimum absolute atomic E-state index is 0.0759. The topological polar surface area (TPSA) is 90.2 Å². The van der Waals surface area contributed by atoms with Crippen LogP contribution in [0.5, 0.6) is 17.2 Å². The molecular formula is C28H32N2O6. The number of rotatable bonds is 10. The fourth-order valence-corrected chi connectivity index (χ4v) is 4.69. The number of carbonyl (C=O) groups is 2. The predicted molar refractivity (Wildman–Crippen MR) is 134 cm³/mol. The molecule has 1 aliphatic rings. The Morgan fingerprint density at radius 2 is 1.67 bits per heavy atom. The van der Waals surface area contributed by atoms with E-state index in [0.29, 0.717) is 22.8 Å². The number of nitrogens with one attached hydrogen (secondary N) is 1. The maximum absolute atomic E-state index is 13.9. The summed E-state index contributed by atoms with van der Waals surface area (Å²) in [6.07, 6.45) is 5.43. The molecule has 1 atom stereocenters. The first-order valence-electron chi connectivity index (χ1n) is 12.0. The monoisotopic (exact) mass is 492 g/mol. The Morgan fingerprint density at radius 3 is 2.33 bits per heavy atom. The maximum atomic E-state index is 13.9. The van der Waals surface area contributed by atoms with Gasteiger partial charge in [-0.1, -0.05) is 37.1 Å². The molecule has 3 aromatic rings. The SMILES string of the molecule is COc1ccccc1CN(C(=O)c1ccco1)[C@H](C(=O)NC1CCCC1)c1ccc(OC)c(OC)c1. The Morgan fingerprint density at radius 1 is 0.944 bits per heavy atom. The van der Waals surface area contributed by atoms with Crippen LogP contribution in [0.2, 0.25) is 0 Å². The van der Waals surface area contributed by atoms with Crippen molar-refractivity contribution in [1.29, 1.82) is 0 Å². The number of hydrogen-bond donors (Lipinski definition) is 1. The van der Waals surface area contributed by atoms with Gasteiger partial charge in [0.25, 0.3) is 5.91 Å². The second-order valence-electron chi connectivity index (χ2n) is 8.73. The highest BCUT2D eigenvalue weighted by Crippen LogP contribution is 2.35. The molecule has 0 radical (unpaired) electrons. The summed E-state index contributed by atoms with van der Waals surface area (Å²) >= 11 is 0. The summed E-state index contributed by atoms with van der Waals surface area (Å²) < 4.78 is 21.9. The minimum atomic E-state index is -0.951. The molecule has 2 aromatic carbocycles. The Kier molecular flexibility index (Phi) is 8.15. The summed E-state index contributed by atoms with van der Waals surface area (Å²) in [6.45, 7) is 0.126. The molecule has 0 saturated heterocycles. The largest absolute Gasteiger partial charge is 0.496 e. The van der Waals surface area contributed by atoms with Gasteiger partial charge < -0.3 is 28.8 Å². The number of nitrogens with zero attached hydrogens (tertiary/aromatic N) is 1. The highest BCUT2D eigenvalue weighted by Gasteiger charge is 2.35. The van der Waals surface area contributed by atoms with Gasteiger partial charge in [-0.15, -0.1) is 0 Å². The summed E-state index contributed by atoms with van der Waals surface area (Å²) in [5.41, 5.74) is 1.36. The van der Waals surface area contributed by atoms with Crippen molar-refractivity contribution in [3.63, 3.8) is 0 Å². The van der Waals surface area contributed by atoms with E-state index in [9.17, 15) is 9.59 Å². The molecule has 1 aromatic heterocycles. The number of ether oxygens (including phenoxy) is 3. The zero-order chi connectivity index (χ0) is 25.5. The normalized spacial score (nSPS) is 14.2. The second-order valence-corrected chi connectivity index (χ2v) is 8.73. The zero-order valence-electron chi connectivity index (χ0n) is 20.9. The van der Waals surface area contributed by atoms with Crippen LogP contribution in [0.15, 0.2) is 65.3 Å². The van der Waals surface area contributed by atoms with Gasteiger partial charge >= 0.3 is 0 Å². The van der Waals surface area contributed by atoms with Crippen molar-refractivity contribution in [2.45, 2.75) is 44.3 Å². The lowest BCUT2D eigenvalue weighted by Crippen LogP contribution is -2.45.